The number of furan rings is 1. The average molecular weight is 402 g/mol. The molecule has 8 heteroatoms. The van der Waals surface area contributed by atoms with Gasteiger partial charge in [-0.2, -0.15) is 5.10 Å². The van der Waals surface area contributed by atoms with Crippen LogP contribution in [0.3, 0.4) is 0 Å². The van der Waals surface area contributed by atoms with Gasteiger partial charge in [-0.3, -0.25) is 4.79 Å². The van der Waals surface area contributed by atoms with E-state index in [0.29, 0.717) is 22.2 Å². The molecule has 3 rings (SSSR count). The fourth-order valence-electron chi connectivity index (χ4n) is 2.58. The minimum absolute atomic E-state index is 0.0122. The van der Waals surface area contributed by atoms with Crippen LogP contribution in [0, 0.1) is 0 Å². The maximum absolute atomic E-state index is 12.3. The number of esters is 1. The van der Waals surface area contributed by atoms with E-state index in [1.807, 2.05) is 19.9 Å². The summed E-state index contributed by atoms with van der Waals surface area (Å²) >= 11 is 6.14. The molecule has 0 fully saturated rings. The Bertz CT molecular complexity index is 993. The summed E-state index contributed by atoms with van der Waals surface area (Å²) in [5, 5.41) is 7.35. The summed E-state index contributed by atoms with van der Waals surface area (Å²) in [6, 6.07) is 12.0. The van der Waals surface area contributed by atoms with Crippen molar-refractivity contribution in [1.29, 1.82) is 0 Å². The number of carbonyl (C=O) groups excluding carboxylic acids is 2. The van der Waals surface area contributed by atoms with E-state index < -0.39 is 18.0 Å². The normalized spacial score (nSPS) is 12.0. The van der Waals surface area contributed by atoms with Crippen LogP contribution in [0.1, 0.15) is 37.4 Å². The number of hydrogen-bond donors (Lipinski definition) is 1. The lowest BCUT2D eigenvalue weighted by Crippen LogP contribution is -2.31. The zero-order valence-electron chi connectivity index (χ0n) is 15.7. The second kappa shape index (κ2) is 8.31. The second-order valence-electron chi connectivity index (χ2n) is 6.44. The maximum atomic E-state index is 12.3. The molecule has 2 aromatic heterocycles. The number of nitrogens with zero attached hydrogens (tertiary/aromatic N) is 2. The Morgan fingerprint density at radius 2 is 1.89 bits per heavy atom. The highest BCUT2D eigenvalue weighted by Crippen LogP contribution is 2.29. The van der Waals surface area contributed by atoms with Gasteiger partial charge in [-0.15, -0.1) is 0 Å². The smallest absolute Gasteiger partial charge is 0.375 e. The molecule has 28 heavy (non-hydrogen) atoms. The molecule has 1 aromatic carbocycles. The Morgan fingerprint density at radius 3 is 2.61 bits per heavy atom. The van der Waals surface area contributed by atoms with E-state index in [4.69, 9.17) is 20.8 Å². The molecule has 0 spiro atoms. The van der Waals surface area contributed by atoms with Gasteiger partial charge in [0.15, 0.2) is 6.10 Å². The second-order valence-corrected chi connectivity index (χ2v) is 6.84. The van der Waals surface area contributed by atoms with Gasteiger partial charge in [0, 0.05) is 17.7 Å². The Balaban J connectivity index is 1.65. The molecule has 1 amide bonds. The van der Waals surface area contributed by atoms with Gasteiger partial charge in [0.05, 0.1) is 11.2 Å². The first-order chi connectivity index (χ1) is 13.4. The Hall–Kier alpha value is -3.06. The quantitative estimate of drug-likeness (QED) is 0.612. The number of aromatic nitrogens is 2. The van der Waals surface area contributed by atoms with E-state index in [1.54, 1.807) is 41.2 Å². The van der Waals surface area contributed by atoms with Crippen molar-refractivity contribution in [3.63, 3.8) is 0 Å². The molecular formula is C20H20ClN3O4. The summed E-state index contributed by atoms with van der Waals surface area (Å²) < 4.78 is 12.4. The zero-order valence-corrected chi connectivity index (χ0v) is 16.4. The summed E-state index contributed by atoms with van der Waals surface area (Å²) in [6.07, 6.45) is 0.572. The number of hydrogen-bond acceptors (Lipinski definition) is 5. The van der Waals surface area contributed by atoms with Gasteiger partial charge in [0.1, 0.15) is 11.6 Å². The minimum atomic E-state index is -1.02. The van der Waals surface area contributed by atoms with E-state index in [9.17, 15) is 9.59 Å². The molecule has 1 atom stereocenters. The molecule has 0 radical (unpaired) electrons. The van der Waals surface area contributed by atoms with Crippen LogP contribution < -0.4 is 5.32 Å². The van der Waals surface area contributed by atoms with E-state index in [1.165, 1.54) is 13.0 Å². The molecule has 0 aliphatic carbocycles. The van der Waals surface area contributed by atoms with E-state index in [2.05, 4.69) is 10.4 Å². The number of ether oxygens (including phenoxy) is 1. The molecule has 0 aliphatic rings. The standard InChI is InChI=1S/C20H20ClN3O4/c1-12(2)24-18(10-11-22-24)23-19(25)13(3)27-20(26)17-9-8-16(28-17)14-6-4-5-7-15(14)21/h4-13H,1-3H3,(H,23,25). The number of benzene rings is 1. The van der Waals surface area contributed by atoms with Gasteiger partial charge >= 0.3 is 5.97 Å². The van der Waals surface area contributed by atoms with Crippen LogP contribution in [0.25, 0.3) is 11.3 Å². The van der Waals surface area contributed by atoms with Crippen molar-refractivity contribution in [2.24, 2.45) is 0 Å². The van der Waals surface area contributed by atoms with Crippen molar-refractivity contribution in [2.45, 2.75) is 32.9 Å². The number of anilines is 1. The predicted molar refractivity (Wildman–Crippen MR) is 105 cm³/mol. The van der Waals surface area contributed by atoms with Gasteiger partial charge in [-0.25, -0.2) is 9.48 Å². The summed E-state index contributed by atoms with van der Waals surface area (Å²) in [6.45, 7) is 5.38. The lowest BCUT2D eigenvalue weighted by atomic mass is 10.2. The maximum Gasteiger partial charge on any atom is 0.375 e. The molecular weight excluding hydrogens is 382 g/mol. The van der Waals surface area contributed by atoms with Crippen molar-refractivity contribution in [2.75, 3.05) is 5.32 Å². The van der Waals surface area contributed by atoms with Gasteiger partial charge in [-0.05, 0) is 45.0 Å². The number of rotatable bonds is 6. The van der Waals surface area contributed by atoms with Crippen molar-refractivity contribution < 1.29 is 18.7 Å². The minimum Gasteiger partial charge on any atom is -0.449 e. The monoisotopic (exact) mass is 401 g/mol. The molecule has 0 saturated carbocycles. The summed E-state index contributed by atoms with van der Waals surface area (Å²) in [5.74, 6) is -0.244. The first-order valence-corrected chi connectivity index (χ1v) is 9.14. The molecule has 3 aromatic rings. The Kier molecular flexibility index (Phi) is 5.84. The van der Waals surface area contributed by atoms with Crippen LogP contribution in [0.5, 0.6) is 0 Å². The van der Waals surface area contributed by atoms with Crippen LogP contribution >= 0.6 is 11.6 Å². The zero-order chi connectivity index (χ0) is 20.3. The largest absolute Gasteiger partial charge is 0.449 e. The Labute approximate surface area is 167 Å². The van der Waals surface area contributed by atoms with E-state index in [0.717, 1.165) is 0 Å². The van der Waals surface area contributed by atoms with Crippen LogP contribution in [-0.4, -0.2) is 27.8 Å². The Morgan fingerprint density at radius 1 is 1.14 bits per heavy atom. The van der Waals surface area contributed by atoms with Crippen LogP contribution in [-0.2, 0) is 9.53 Å². The number of nitrogens with one attached hydrogen (secondary N) is 1. The highest BCUT2D eigenvalue weighted by atomic mass is 35.5. The first-order valence-electron chi connectivity index (χ1n) is 8.77. The lowest BCUT2D eigenvalue weighted by molar-refractivity contribution is -0.123. The van der Waals surface area contributed by atoms with Gasteiger partial charge < -0.3 is 14.5 Å². The summed E-state index contributed by atoms with van der Waals surface area (Å²) in [7, 11) is 0. The lowest BCUT2D eigenvalue weighted by Gasteiger charge is -2.15. The van der Waals surface area contributed by atoms with Crippen molar-refractivity contribution >= 4 is 29.3 Å². The molecule has 2 heterocycles. The van der Waals surface area contributed by atoms with Gasteiger partial charge in [0.25, 0.3) is 5.91 Å². The molecule has 1 N–H and O–H groups in total. The average Bonchev–Trinajstić information content (AvgIpc) is 3.31. The third-order valence-electron chi connectivity index (χ3n) is 4.01. The first kappa shape index (κ1) is 19.7. The number of amides is 1. The van der Waals surface area contributed by atoms with Crippen molar-refractivity contribution in [1.82, 2.24) is 9.78 Å². The fourth-order valence-corrected chi connectivity index (χ4v) is 2.81. The third-order valence-corrected chi connectivity index (χ3v) is 4.34. The van der Waals surface area contributed by atoms with Gasteiger partial charge in [-0.1, -0.05) is 23.7 Å². The third kappa shape index (κ3) is 4.26. The topological polar surface area (TPSA) is 86.4 Å². The number of halogens is 1. The molecule has 0 saturated heterocycles. The highest BCUT2D eigenvalue weighted by Gasteiger charge is 2.23. The number of carbonyl (C=O) groups is 2. The van der Waals surface area contributed by atoms with E-state index in [-0.39, 0.29) is 11.8 Å². The van der Waals surface area contributed by atoms with Crippen LogP contribution in [0.15, 0.2) is 53.1 Å². The molecule has 146 valence electrons. The molecule has 1 unspecified atom stereocenters. The van der Waals surface area contributed by atoms with Crippen LogP contribution in [0.4, 0.5) is 5.82 Å². The SMILES string of the molecule is CC(OC(=O)c1ccc(-c2ccccc2Cl)o1)C(=O)Nc1ccnn1C(C)C. The van der Waals surface area contributed by atoms with Crippen molar-refractivity contribution in [3.8, 4) is 11.3 Å². The molecule has 0 bridgehead atoms. The molecule has 0 aliphatic heterocycles. The fraction of sp³-hybridized carbons (Fsp3) is 0.250. The predicted octanol–water partition coefficient (Wildman–Crippen LogP) is 4.56. The van der Waals surface area contributed by atoms with E-state index >= 15 is 0 Å². The van der Waals surface area contributed by atoms with Crippen molar-refractivity contribution in [3.05, 3.63) is 59.4 Å². The summed E-state index contributed by atoms with van der Waals surface area (Å²) in [4.78, 5) is 24.7. The summed E-state index contributed by atoms with van der Waals surface area (Å²) in [5.41, 5.74) is 0.663. The van der Waals surface area contributed by atoms with Crippen LogP contribution in [0.2, 0.25) is 5.02 Å². The molecule has 7 nitrogen and oxygen atoms in total. The highest BCUT2D eigenvalue weighted by molar-refractivity contribution is 6.33. The van der Waals surface area contributed by atoms with Gasteiger partial charge in [0.2, 0.25) is 5.76 Å².